The van der Waals surface area contributed by atoms with Crippen LogP contribution in [0.25, 0.3) is 34.2 Å². The van der Waals surface area contributed by atoms with Gasteiger partial charge in [0.05, 0.1) is 68.3 Å². The number of carbonyl (C=O) groups excluding carboxylic acids is 2. The molecule has 2 amide bonds. The molecule has 0 fully saturated rings. The van der Waals surface area contributed by atoms with Crippen molar-refractivity contribution in [2.24, 2.45) is 11.5 Å². The molecule has 290 valence electrons. The number of pyridine rings is 6. The van der Waals surface area contributed by atoms with E-state index < -0.39 is 0 Å². The number of nitrogens with zero attached hydrogens (tertiary/aromatic N) is 8. The van der Waals surface area contributed by atoms with E-state index in [9.17, 15) is 9.59 Å². The van der Waals surface area contributed by atoms with Crippen LogP contribution < -0.4 is 22.1 Å². The van der Waals surface area contributed by atoms with Crippen molar-refractivity contribution in [2.75, 3.05) is 26.2 Å². The highest BCUT2D eigenvalue weighted by atomic mass is 16.2. The Morgan fingerprint density at radius 1 is 0.456 bits per heavy atom. The lowest BCUT2D eigenvalue weighted by molar-refractivity contribution is 0.0946. The van der Waals surface area contributed by atoms with E-state index in [1.165, 1.54) is 0 Å². The van der Waals surface area contributed by atoms with Gasteiger partial charge in [0.1, 0.15) is 0 Å². The highest BCUT2D eigenvalue weighted by molar-refractivity contribution is 5.96. The predicted molar refractivity (Wildman–Crippen MR) is 218 cm³/mol. The Hall–Kier alpha value is -6.32. The van der Waals surface area contributed by atoms with Crippen molar-refractivity contribution in [2.45, 2.75) is 46.7 Å². The molecule has 0 atom stereocenters. The molecule has 0 saturated heterocycles. The number of rotatable bonds is 6. The van der Waals surface area contributed by atoms with Gasteiger partial charge in [0, 0.05) is 76.6 Å². The Morgan fingerprint density at radius 2 is 0.754 bits per heavy atom. The molecule has 14 heteroatoms. The number of hydrogen-bond donors (Lipinski definition) is 4. The van der Waals surface area contributed by atoms with Crippen molar-refractivity contribution in [3.8, 4) is 34.2 Å². The van der Waals surface area contributed by atoms with Crippen LogP contribution in [0.15, 0.2) is 97.1 Å². The SMILES string of the molecule is C.NCCNC(=O)c1cc2nc(c1)-c1cc(C(=O)NCCN)cc(n1)CN1Cc3cccc(n3)-c3cccc(n3)CN(Cc3cccc(n3)-c3cccc(n3)C1)C2. The Kier molecular flexibility index (Phi) is 12.1. The van der Waals surface area contributed by atoms with Gasteiger partial charge < -0.3 is 22.1 Å². The van der Waals surface area contributed by atoms with Crippen molar-refractivity contribution < 1.29 is 9.59 Å². The molecule has 0 saturated carbocycles. The highest BCUT2D eigenvalue weighted by Gasteiger charge is 2.21. The van der Waals surface area contributed by atoms with Crippen LogP contribution in [0.2, 0.25) is 0 Å². The molecule has 14 nitrogen and oxygen atoms in total. The minimum atomic E-state index is -0.287. The van der Waals surface area contributed by atoms with Crippen LogP contribution in [0.1, 0.15) is 62.3 Å². The van der Waals surface area contributed by atoms with Crippen molar-refractivity contribution in [3.63, 3.8) is 0 Å². The number of amides is 2. The third-order valence-electron chi connectivity index (χ3n) is 9.47. The summed E-state index contributed by atoms with van der Waals surface area (Å²) in [5, 5.41) is 5.79. The third kappa shape index (κ3) is 9.39. The number of nitrogens with one attached hydrogen (secondary N) is 2. The molecule has 0 aromatic carbocycles. The van der Waals surface area contributed by atoms with E-state index in [-0.39, 0.29) is 19.2 Å². The first-order valence-electron chi connectivity index (χ1n) is 18.7. The highest BCUT2D eigenvalue weighted by Crippen LogP contribution is 2.26. The van der Waals surface area contributed by atoms with Gasteiger partial charge in [-0.05, 0) is 72.8 Å². The Labute approximate surface area is 331 Å². The minimum absolute atomic E-state index is 0. The molecule has 0 aliphatic carbocycles. The fourth-order valence-electron chi connectivity index (χ4n) is 6.99. The molecule has 0 radical (unpaired) electrons. The zero-order valence-electron chi connectivity index (χ0n) is 30.9. The van der Waals surface area contributed by atoms with Crippen LogP contribution >= 0.6 is 0 Å². The van der Waals surface area contributed by atoms with Crippen molar-refractivity contribution >= 4 is 11.8 Å². The summed E-state index contributed by atoms with van der Waals surface area (Å²) in [7, 11) is 0. The monoisotopic (exact) mass is 762 g/mol. The summed E-state index contributed by atoms with van der Waals surface area (Å²) in [4.78, 5) is 62.0. The summed E-state index contributed by atoms with van der Waals surface area (Å²) >= 11 is 0. The van der Waals surface area contributed by atoms with Crippen LogP contribution in [0.5, 0.6) is 0 Å². The Morgan fingerprint density at radius 3 is 1.07 bits per heavy atom. The molecular weight excluding hydrogens is 717 g/mol. The van der Waals surface area contributed by atoms with Crippen LogP contribution in [0.3, 0.4) is 0 Å². The normalized spacial score (nSPS) is 15.8. The lowest BCUT2D eigenvalue weighted by Gasteiger charge is -2.24. The molecule has 0 unspecified atom stereocenters. The Balaban J connectivity index is 0.00000496. The summed E-state index contributed by atoms with van der Waals surface area (Å²) in [6.07, 6.45) is 0. The maximum atomic E-state index is 13.6. The molecule has 14 bridgehead atoms. The topological polar surface area (TPSA) is 194 Å². The van der Waals surface area contributed by atoms with Crippen LogP contribution in [0.4, 0.5) is 0 Å². The molecule has 9 heterocycles. The lowest BCUT2D eigenvalue weighted by Crippen LogP contribution is -2.30. The first-order chi connectivity index (χ1) is 27.4. The van der Waals surface area contributed by atoms with E-state index in [0.29, 0.717) is 99.4 Å². The van der Waals surface area contributed by atoms with Crippen LogP contribution in [-0.4, -0.2) is 77.7 Å². The molecule has 6 aromatic rings. The summed E-state index contributed by atoms with van der Waals surface area (Å²) in [6.45, 7) is 3.66. The van der Waals surface area contributed by atoms with Crippen molar-refractivity contribution in [3.05, 3.63) is 142 Å². The fraction of sp³-hybridized carbons (Fsp3) is 0.256. The van der Waals surface area contributed by atoms with E-state index in [2.05, 4.69) is 20.4 Å². The van der Waals surface area contributed by atoms with Gasteiger partial charge in [-0.1, -0.05) is 31.7 Å². The van der Waals surface area contributed by atoms with Gasteiger partial charge in [0.2, 0.25) is 0 Å². The first-order valence-corrected chi connectivity index (χ1v) is 18.7. The first kappa shape index (κ1) is 38.9. The standard InChI is InChI=1S/C42H42N12O2.CH4/c43-13-15-45-41(55)27-17-33-25-53-21-29-5-1-9-35(47-29)36-10-2-6-30(48-36)23-54(24-32-8-4-12-38(50-32)37-11-3-7-31(22-53)49-37)26-34-18-28(42(56)46-16-14-44)20-40(52-34)39(19-27)51-33;/h1-12,17-20H,13-16,21-26,43-44H2,(H,45,55)(H,46,56);1H4. The quantitative estimate of drug-likeness (QED) is 0.190. The summed E-state index contributed by atoms with van der Waals surface area (Å²) < 4.78 is 0. The van der Waals surface area contributed by atoms with Gasteiger partial charge in [-0.25, -0.2) is 29.9 Å². The van der Waals surface area contributed by atoms with Gasteiger partial charge >= 0.3 is 0 Å². The maximum absolute atomic E-state index is 13.6. The number of aromatic nitrogens is 6. The van der Waals surface area contributed by atoms with E-state index >= 15 is 0 Å². The minimum Gasteiger partial charge on any atom is -0.351 e. The van der Waals surface area contributed by atoms with Crippen molar-refractivity contribution in [1.29, 1.82) is 0 Å². The molecule has 6 N–H and O–H groups in total. The van der Waals surface area contributed by atoms with Gasteiger partial charge in [-0.2, -0.15) is 0 Å². The molecule has 3 aliphatic rings. The van der Waals surface area contributed by atoms with Gasteiger partial charge in [-0.3, -0.25) is 19.4 Å². The summed E-state index contributed by atoms with van der Waals surface area (Å²) in [5.74, 6) is -0.573. The largest absolute Gasteiger partial charge is 0.351 e. The second kappa shape index (κ2) is 17.6. The molecule has 3 aliphatic heterocycles. The molecule has 57 heavy (non-hydrogen) atoms. The van der Waals surface area contributed by atoms with Crippen LogP contribution in [-0.2, 0) is 39.3 Å². The summed E-state index contributed by atoms with van der Waals surface area (Å²) in [6, 6.07) is 30.9. The lowest BCUT2D eigenvalue weighted by atomic mass is 10.1. The average Bonchev–Trinajstić information content (AvgIpc) is 3.21. The number of carbonyl (C=O) groups is 2. The van der Waals surface area contributed by atoms with Gasteiger partial charge in [-0.15, -0.1) is 0 Å². The second-order valence-electron chi connectivity index (χ2n) is 13.9. The Bertz CT molecular complexity index is 2140. The summed E-state index contributed by atoms with van der Waals surface area (Å²) in [5.41, 5.74) is 20.8. The average molecular weight is 763 g/mol. The molecule has 6 aromatic heterocycles. The predicted octanol–water partition coefficient (Wildman–Crippen LogP) is 4.10. The second-order valence-corrected chi connectivity index (χ2v) is 13.9. The van der Waals surface area contributed by atoms with E-state index in [4.69, 9.17) is 41.4 Å². The zero-order valence-corrected chi connectivity index (χ0v) is 30.9. The third-order valence-corrected chi connectivity index (χ3v) is 9.47. The molecule has 9 rings (SSSR count). The van der Waals surface area contributed by atoms with Gasteiger partial charge in [0.15, 0.2) is 0 Å². The molecule has 0 spiro atoms. The molecular formula is C43H46N12O2. The van der Waals surface area contributed by atoms with E-state index in [0.717, 1.165) is 45.6 Å². The van der Waals surface area contributed by atoms with E-state index in [1.807, 2.05) is 72.8 Å². The number of nitrogens with two attached hydrogens (primary N) is 2. The van der Waals surface area contributed by atoms with Gasteiger partial charge in [0.25, 0.3) is 11.8 Å². The van der Waals surface area contributed by atoms with Crippen molar-refractivity contribution in [1.82, 2.24) is 50.3 Å². The maximum Gasteiger partial charge on any atom is 0.251 e. The van der Waals surface area contributed by atoms with Crippen LogP contribution in [0, 0.1) is 0 Å². The zero-order chi connectivity index (χ0) is 38.4. The fourth-order valence-corrected chi connectivity index (χ4v) is 6.99. The smallest absolute Gasteiger partial charge is 0.251 e. The van der Waals surface area contributed by atoms with E-state index in [1.54, 1.807) is 24.3 Å². The number of hydrogen-bond acceptors (Lipinski definition) is 12.